The van der Waals surface area contributed by atoms with E-state index in [4.69, 9.17) is 5.73 Å². The van der Waals surface area contributed by atoms with Crippen molar-refractivity contribution in [2.45, 2.75) is 39.0 Å². The molecule has 0 aromatic heterocycles. The summed E-state index contributed by atoms with van der Waals surface area (Å²) in [5.41, 5.74) is 7.79. The van der Waals surface area contributed by atoms with Crippen LogP contribution < -0.4 is 5.73 Å². The van der Waals surface area contributed by atoms with Gasteiger partial charge in [0.15, 0.2) is 0 Å². The van der Waals surface area contributed by atoms with Crippen molar-refractivity contribution in [3.63, 3.8) is 0 Å². The largest absolute Gasteiger partial charge is 0.508 e. The fourth-order valence-corrected chi connectivity index (χ4v) is 1.94. The molecule has 1 aromatic rings. The standard InChI is InChI=1S/C13H21NO/c1-3-11(5-4-8-14)12-9-10(2)6-7-13(12)15/h6-7,9,11,15H,3-5,8,14H2,1-2H3. The third-order valence-corrected chi connectivity index (χ3v) is 2.87. The van der Waals surface area contributed by atoms with Crippen LogP contribution in [0, 0.1) is 6.92 Å². The number of hydrogen-bond donors (Lipinski definition) is 2. The minimum Gasteiger partial charge on any atom is -0.508 e. The highest BCUT2D eigenvalue weighted by Gasteiger charge is 2.12. The fourth-order valence-electron chi connectivity index (χ4n) is 1.94. The van der Waals surface area contributed by atoms with Crippen molar-refractivity contribution in [1.29, 1.82) is 0 Å². The second kappa shape index (κ2) is 5.76. The van der Waals surface area contributed by atoms with E-state index in [2.05, 4.69) is 19.9 Å². The molecule has 0 saturated carbocycles. The van der Waals surface area contributed by atoms with E-state index in [1.807, 2.05) is 6.07 Å². The van der Waals surface area contributed by atoms with Gasteiger partial charge >= 0.3 is 0 Å². The van der Waals surface area contributed by atoms with Crippen LogP contribution in [0.15, 0.2) is 18.2 Å². The molecule has 0 fully saturated rings. The van der Waals surface area contributed by atoms with Gasteiger partial charge in [-0.3, -0.25) is 0 Å². The molecule has 2 heteroatoms. The van der Waals surface area contributed by atoms with Gasteiger partial charge in [-0.25, -0.2) is 0 Å². The van der Waals surface area contributed by atoms with Gasteiger partial charge in [0.1, 0.15) is 5.75 Å². The predicted octanol–water partition coefficient (Wildman–Crippen LogP) is 2.93. The molecule has 84 valence electrons. The summed E-state index contributed by atoms with van der Waals surface area (Å²) >= 11 is 0. The van der Waals surface area contributed by atoms with Gasteiger partial charge in [0, 0.05) is 0 Å². The molecule has 0 heterocycles. The maximum Gasteiger partial charge on any atom is 0.119 e. The Morgan fingerprint density at radius 1 is 1.40 bits per heavy atom. The SMILES string of the molecule is CCC(CCCN)c1cc(C)ccc1O. The highest BCUT2D eigenvalue weighted by molar-refractivity contribution is 5.38. The van der Waals surface area contributed by atoms with Crippen LogP contribution in [0.1, 0.15) is 43.2 Å². The van der Waals surface area contributed by atoms with Crippen molar-refractivity contribution in [3.8, 4) is 5.75 Å². The molecule has 0 bridgehead atoms. The Kier molecular flexibility index (Phi) is 4.63. The zero-order valence-corrected chi connectivity index (χ0v) is 9.66. The molecular weight excluding hydrogens is 186 g/mol. The van der Waals surface area contributed by atoms with E-state index >= 15 is 0 Å². The summed E-state index contributed by atoms with van der Waals surface area (Å²) in [7, 11) is 0. The van der Waals surface area contributed by atoms with Gasteiger partial charge in [0.25, 0.3) is 0 Å². The lowest BCUT2D eigenvalue weighted by Gasteiger charge is -2.16. The maximum atomic E-state index is 9.80. The number of phenolic OH excluding ortho intramolecular Hbond substituents is 1. The molecule has 0 aliphatic carbocycles. The monoisotopic (exact) mass is 207 g/mol. The number of hydrogen-bond acceptors (Lipinski definition) is 2. The van der Waals surface area contributed by atoms with Gasteiger partial charge in [-0.15, -0.1) is 0 Å². The summed E-state index contributed by atoms with van der Waals surface area (Å²) in [6.45, 7) is 4.94. The van der Waals surface area contributed by atoms with E-state index in [-0.39, 0.29) is 0 Å². The fraction of sp³-hybridized carbons (Fsp3) is 0.538. The molecule has 2 nitrogen and oxygen atoms in total. The quantitative estimate of drug-likeness (QED) is 0.779. The Morgan fingerprint density at radius 2 is 2.13 bits per heavy atom. The van der Waals surface area contributed by atoms with E-state index < -0.39 is 0 Å². The molecule has 15 heavy (non-hydrogen) atoms. The zero-order valence-electron chi connectivity index (χ0n) is 9.66. The Bertz CT molecular complexity index is 309. The lowest BCUT2D eigenvalue weighted by Crippen LogP contribution is -2.04. The van der Waals surface area contributed by atoms with Crippen molar-refractivity contribution in [2.24, 2.45) is 5.73 Å². The number of aromatic hydroxyl groups is 1. The van der Waals surface area contributed by atoms with Gasteiger partial charge in [0.05, 0.1) is 0 Å². The second-order valence-corrected chi connectivity index (χ2v) is 4.10. The van der Waals surface area contributed by atoms with E-state index in [9.17, 15) is 5.11 Å². The van der Waals surface area contributed by atoms with Crippen molar-refractivity contribution < 1.29 is 5.11 Å². The number of aryl methyl sites for hydroxylation is 1. The first-order valence-corrected chi connectivity index (χ1v) is 5.68. The average Bonchev–Trinajstić information content (AvgIpc) is 2.24. The van der Waals surface area contributed by atoms with E-state index in [1.54, 1.807) is 6.07 Å². The lowest BCUT2D eigenvalue weighted by molar-refractivity contribution is 0.453. The molecule has 1 rings (SSSR count). The Labute approximate surface area is 92.1 Å². The zero-order chi connectivity index (χ0) is 11.3. The van der Waals surface area contributed by atoms with Gasteiger partial charge in [-0.2, -0.15) is 0 Å². The smallest absolute Gasteiger partial charge is 0.119 e. The summed E-state index contributed by atoms with van der Waals surface area (Å²) in [5.74, 6) is 0.859. The lowest BCUT2D eigenvalue weighted by atomic mass is 9.90. The molecule has 1 unspecified atom stereocenters. The molecule has 0 aliphatic heterocycles. The number of nitrogens with two attached hydrogens (primary N) is 1. The summed E-state index contributed by atoms with van der Waals surface area (Å²) < 4.78 is 0. The van der Waals surface area contributed by atoms with Crippen LogP contribution in [-0.2, 0) is 0 Å². The number of rotatable bonds is 5. The summed E-state index contributed by atoms with van der Waals surface area (Å²) in [6, 6.07) is 5.81. The van der Waals surface area contributed by atoms with Crippen LogP contribution in [0.4, 0.5) is 0 Å². The summed E-state index contributed by atoms with van der Waals surface area (Å²) in [5, 5.41) is 9.80. The van der Waals surface area contributed by atoms with E-state index in [1.165, 1.54) is 5.56 Å². The summed E-state index contributed by atoms with van der Waals surface area (Å²) in [4.78, 5) is 0. The average molecular weight is 207 g/mol. The Hall–Kier alpha value is -1.02. The van der Waals surface area contributed by atoms with Gasteiger partial charge < -0.3 is 10.8 Å². The molecule has 0 spiro atoms. The summed E-state index contributed by atoms with van der Waals surface area (Å²) in [6.07, 6.45) is 3.13. The molecule has 1 aromatic carbocycles. The van der Waals surface area contributed by atoms with Gasteiger partial charge in [-0.05, 0) is 50.3 Å². The normalized spacial score (nSPS) is 12.7. The molecular formula is C13H21NO. The molecule has 0 aliphatic rings. The second-order valence-electron chi connectivity index (χ2n) is 4.10. The van der Waals surface area contributed by atoms with Crippen LogP contribution in [0.3, 0.4) is 0 Å². The molecule has 3 N–H and O–H groups in total. The van der Waals surface area contributed by atoms with Crippen LogP contribution >= 0.6 is 0 Å². The van der Waals surface area contributed by atoms with E-state index in [0.717, 1.165) is 31.4 Å². The molecule has 0 amide bonds. The Morgan fingerprint density at radius 3 is 2.73 bits per heavy atom. The molecule has 1 atom stereocenters. The van der Waals surface area contributed by atoms with Crippen LogP contribution in [-0.4, -0.2) is 11.7 Å². The van der Waals surface area contributed by atoms with Gasteiger partial charge in [0.2, 0.25) is 0 Å². The third-order valence-electron chi connectivity index (χ3n) is 2.87. The van der Waals surface area contributed by atoms with Crippen LogP contribution in [0.5, 0.6) is 5.75 Å². The van der Waals surface area contributed by atoms with Crippen molar-refractivity contribution in [1.82, 2.24) is 0 Å². The predicted molar refractivity (Wildman–Crippen MR) is 64.2 cm³/mol. The third kappa shape index (κ3) is 3.24. The van der Waals surface area contributed by atoms with E-state index in [0.29, 0.717) is 11.7 Å². The molecule has 0 radical (unpaired) electrons. The molecule has 0 saturated heterocycles. The highest BCUT2D eigenvalue weighted by atomic mass is 16.3. The van der Waals surface area contributed by atoms with Crippen molar-refractivity contribution in [2.75, 3.05) is 6.54 Å². The van der Waals surface area contributed by atoms with Crippen molar-refractivity contribution in [3.05, 3.63) is 29.3 Å². The number of benzene rings is 1. The first kappa shape index (κ1) is 12.1. The van der Waals surface area contributed by atoms with Crippen LogP contribution in [0.25, 0.3) is 0 Å². The highest BCUT2D eigenvalue weighted by Crippen LogP contribution is 2.32. The number of phenols is 1. The first-order chi connectivity index (χ1) is 7.19. The topological polar surface area (TPSA) is 46.2 Å². The van der Waals surface area contributed by atoms with Crippen LogP contribution in [0.2, 0.25) is 0 Å². The first-order valence-electron chi connectivity index (χ1n) is 5.68. The Balaban J connectivity index is 2.85. The van der Waals surface area contributed by atoms with Crippen molar-refractivity contribution >= 4 is 0 Å². The maximum absolute atomic E-state index is 9.80. The minimum absolute atomic E-state index is 0.421. The van der Waals surface area contributed by atoms with Gasteiger partial charge in [-0.1, -0.05) is 24.6 Å². The minimum atomic E-state index is 0.421.